The molecule has 2 atom stereocenters. The molecule has 0 aliphatic carbocycles. The third kappa shape index (κ3) is 3.97. The van der Waals surface area contributed by atoms with Crippen LogP contribution in [0, 0.1) is 0 Å². The van der Waals surface area contributed by atoms with Crippen LogP contribution in [0.25, 0.3) is 0 Å². The van der Waals surface area contributed by atoms with E-state index in [9.17, 15) is 9.90 Å². The fraction of sp³-hybridized carbons (Fsp3) is 0.632. The average molecular weight is 348 g/mol. The van der Waals surface area contributed by atoms with Crippen molar-refractivity contribution in [2.75, 3.05) is 46.5 Å². The van der Waals surface area contributed by atoms with E-state index in [-0.39, 0.29) is 11.9 Å². The second kappa shape index (κ2) is 7.72. The molecule has 2 fully saturated rings. The maximum absolute atomic E-state index is 12.6. The van der Waals surface area contributed by atoms with Crippen molar-refractivity contribution < 1.29 is 19.4 Å². The summed E-state index contributed by atoms with van der Waals surface area (Å²) in [6.45, 7) is 5.58. The molecule has 2 saturated heterocycles. The largest absolute Gasteiger partial charge is 0.497 e. The van der Waals surface area contributed by atoms with Crippen LogP contribution in [-0.2, 0) is 15.1 Å². The highest BCUT2D eigenvalue weighted by atomic mass is 16.5. The molecule has 0 unspecified atom stereocenters. The molecule has 1 aromatic carbocycles. The minimum Gasteiger partial charge on any atom is -0.497 e. The summed E-state index contributed by atoms with van der Waals surface area (Å²) in [4.78, 5) is 16.6. The molecule has 138 valence electrons. The van der Waals surface area contributed by atoms with Gasteiger partial charge in [-0.25, -0.2) is 0 Å². The lowest BCUT2D eigenvalue weighted by molar-refractivity contribution is -0.138. The molecule has 3 rings (SSSR count). The zero-order chi connectivity index (χ0) is 17.9. The Labute approximate surface area is 149 Å². The molecular formula is C19H28N2O4. The van der Waals surface area contributed by atoms with Crippen LogP contribution in [0.4, 0.5) is 0 Å². The van der Waals surface area contributed by atoms with Crippen molar-refractivity contribution in [3.05, 3.63) is 29.8 Å². The zero-order valence-electron chi connectivity index (χ0n) is 15.1. The molecule has 0 bridgehead atoms. The van der Waals surface area contributed by atoms with E-state index in [1.807, 2.05) is 36.1 Å². The lowest BCUT2D eigenvalue weighted by atomic mass is 9.86. The van der Waals surface area contributed by atoms with Crippen LogP contribution < -0.4 is 4.74 Å². The number of ether oxygens (including phenoxy) is 2. The van der Waals surface area contributed by atoms with Crippen LogP contribution in [0.5, 0.6) is 5.75 Å². The van der Waals surface area contributed by atoms with Crippen molar-refractivity contribution in [3.8, 4) is 5.75 Å². The van der Waals surface area contributed by atoms with E-state index in [0.29, 0.717) is 32.8 Å². The monoisotopic (exact) mass is 348 g/mol. The lowest BCUT2D eigenvalue weighted by Gasteiger charge is -2.38. The van der Waals surface area contributed by atoms with Gasteiger partial charge >= 0.3 is 0 Å². The van der Waals surface area contributed by atoms with Gasteiger partial charge in [0.2, 0.25) is 5.91 Å². The van der Waals surface area contributed by atoms with Gasteiger partial charge in [0.25, 0.3) is 0 Å². The molecule has 6 heteroatoms. The maximum Gasteiger partial charge on any atom is 0.236 e. The number of carbonyl (C=O) groups excluding carboxylic acids is 1. The van der Waals surface area contributed by atoms with Crippen molar-refractivity contribution in [1.29, 1.82) is 0 Å². The minimum atomic E-state index is -1.01. The summed E-state index contributed by atoms with van der Waals surface area (Å²) in [5, 5.41) is 11.2. The molecule has 0 spiro atoms. The van der Waals surface area contributed by atoms with Gasteiger partial charge in [-0.2, -0.15) is 0 Å². The van der Waals surface area contributed by atoms with Crippen LogP contribution in [0.1, 0.15) is 25.3 Å². The lowest BCUT2D eigenvalue weighted by Crippen LogP contribution is -2.51. The summed E-state index contributed by atoms with van der Waals surface area (Å²) in [6, 6.07) is 7.47. The molecule has 0 aromatic heterocycles. The molecular weight excluding hydrogens is 320 g/mol. The second-order valence-corrected chi connectivity index (χ2v) is 7.00. The molecule has 6 nitrogen and oxygen atoms in total. The average Bonchev–Trinajstić information content (AvgIpc) is 3.11. The van der Waals surface area contributed by atoms with Gasteiger partial charge in [0.1, 0.15) is 11.4 Å². The molecule has 25 heavy (non-hydrogen) atoms. The van der Waals surface area contributed by atoms with Gasteiger partial charge in [-0.1, -0.05) is 12.1 Å². The van der Waals surface area contributed by atoms with Gasteiger partial charge in [0.05, 0.1) is 26.9 Å². The Morgan fingerprint density at radius 2 is 1.96 bits per heavy atom. The van der Waals surface area contributed by atoms with E-state index in [4.69, 9.17) is 9.47 Å². The van der Waals surface area contributed by atoms with Crippen molar-refractivity contribution in [1.82, 2.24) is 9.80 Å². The Bertz CT molecular complexity index is 582. The number of hydrogen-bond acceptors (Lipinski definition) is 5. The molecule has 2 aliphatic heterocycles. The van der Waals surface area contributed by atoms with E-state index in [1.165, 1.54) is 0 Å². The normalized spacial score (nSPS) is 24.1. The van der Waals surface area contributed by atoms with E-state index in [0.717, 1.165) is 30.7 Å². The summed E-state index contributed by atoms with van der Waals surface area (Å²) in [7, 11) is 1.63. The van der Waals surface area contributed by atoms with Gasteiger partial charge in [-0.3, -0.25) is 9.69 Å². The molecule has 2 heterocycles. The third-order valence-electron chi connectivity index (χ3n) is 5.39. The Hall–Kier alpha value is -1.63. The molecule has 0 radical (unpaired) electrons. The van der Waals surface area contributed by atoms with E-state index < -0.39 is 5.60 Å². The van der Waals surface area contributed by atoms with Crippen molar-refractivity contribution in [3.63, 3.8) is 0 Å². The highest BCUT2D eigenvalue weighted by Crippen LogP contribution is 2.35. The summed E-state index contributed by atoms with van der Waals surface area (Å²) in [6.07, 6.45) is 1.88. The maximum atomic E-state index is 12.6. The molecule has 1 amide bonds. The van der Waals surface area contributed by atoms with E-state index in [2.05, 4.69) is 4.90 Å². The van der Waals surface area contributed by atoms with Gasteiger partial charge in [0.15, 0.2) is 0 Å². The Balaban J connectivity index is 1.69. The Morgan fingerprint density at radius 1 is 1.28 bits per heavy atom. The number of nitrogens with zero attached hydrogens (tertiary/aromatic N) is 2. The van der Waals surface area contributed by atoms with E-state index in [1.54, 1.807) is 7.11 Å². The van der Waals surface area contributed by atoms with Crippen molar-refractivity contribution >= 4 is 5.91 Å². The number of likely N-dealkylation sites (tertiary alicyclic amines) is 1. The zero-order valence-corrected chi connectivity index (χ0v) is 15.1. The second-order valence-electron chi connectivity index (χ2n) is 7.00. The number of amides is 1. The quantitative estimate of drug-likeness (QED) is 0.867. The van der Waals surface area contributed by atoms with Gasteiger partial charge in [0, 0.05) is 19.1 Å². The first-order valence-electron chi connectivity index (χ1n) is 8.99. The fourth-order valence-corrected chi connectivity index (χ4v) is 3.86. The highest BCUT2D eigenvalue weighted by molar-refractivity contribution is 5.78. The van der Waals surface area contributed by atoms with E-state index >= 15 is 0 Å². The summed E-state index contributed by atoms with van der Waals surface area (Å²) in [5.41, 5.74) is -0.155. The number of morpholine rings is 1. The number of aliphatic hydroxyl groups is 1. The number of methoxy groups -OCH3 is 1. The number of hydrogen-bond donors (Lipinski definition) is 1. The highest BCUT2D eigenvalue weighted by Gasteiger charge is 2.41. The third-order valence-corrected chi connectivity index (χ3v) is 5.39. The van der Waals surface area contributed by atoms with Crippen molar-refractivity contribution in [2.45, 2.75) is 31.4 Å². The molecule has 1 aromatic rings. The smallest absolute Gasteiger partial charge is 0.236 e. The van der Waals surface area contributed by atoms with Crippen LogP contribution in [0.2, 0.25) is 0 Å². The van der Waals surface area contributed by atoms with Crippen molar-refractivity contribution in [2.24, 2.45) is 0 Å². The number of carbonyl (C=O) groups is 1. The Morgan fingerprint density at radius 3 is 2.60 bits per heavy atom. The first-order chi connectivity index (χ1) is 12.0. The number of rotatable bonds is 5. The van der Waals surface area contributed by atoms with Gasteiger partial charge in [-0.05, 0) is 44.0 Å². The molecule has 2 aliphatic rings. The van der Waals surface area contributed by atoms with Crippen LogP contribution in [0.3, 0.4) is 0 Å². The standard InChI is InChI=1S/C19H28N2O4/c1-19(23,15-5-7-16(24-2)8-6-15)17-4-3-9-21(17)14-18(22)20-10-12-25-13-11-20/h5-8,17,23H,3-4,9-14H2,1-2H3/t17-,19+/m1/s1. The first-order valence-corrected chi connectivity index (χ1v) is 8.99. The number of benzene rings is 1. The Kier molecular flexibility index (Phi) is 5.61. The minimum absolute atomic E-state index is 0.0640. The molecule has 0 saturated carbocycles. The summed E-state index contributed by atoms with van der Waals surface area (Å²) in [5.74, 6) is 0.894. The predicted molar refractivity (Wildman–Crippen MR) is 94.6 cm³/mol. The van der Waals surface area contributed by atoms with Gasteiger partial charge < -0.3 is 19.5 Å². The summed E-state index contributed by atoms with van der Waals surface area (Å²) >= 11 is 0. The van der Waals surface area contributed by atoms with Crippen LogP contribution >= 0.6 is 0 Å². The summed E-state index contributed by atoms with van der Waals surface area (Å²) < 4.78 is 10.5. The van der Waals surface area contributed by atoms with Crippen LogP contribution in [0.15, 0.2) is 24.3 Å². The van der Waals surface area contributed by atoms with Gasteiger partial charge in [-0.15, -0.1) is 0 Å². The van der Waals surface area contributed by atoms with Crippen LogP contribution in [-0.4, -0.2) is 73.4 Å². The first kappa shape index (κ1) is 18.2. The SMILES string of the molecule is COc1ccc([C@](C)(O)[C@H]2CCCN2CC(=O)N2CCOCC2)cc1. The predicted octanol–water partition coefficient (Wildman–Crippen LogP) is 1.23. The molecule has 1 N–H and O–H groups in total. The topological polar surface area (TPSA) is 62.2 Å². The fourth-order valence-electron chi connectivity index (χ4n) is 3.86.